The largest absolute Gasteiger partial charge is 0.342 e. The van der Waals surface area contributed by atoms with E-state index in [1.807, 2.05) is 35.9 Å². The molecule has 0 spiro atoms. The van der Waals surface area contributed by atoms with Gasteiger partial charge < -0.3 is 4.90 Å². The third-order valence-corrected chi connectivity index (χ3v) is 7.59. The molecule has 7 nitrogen and oxygen atoms in total. The molecule has 0 saturated heterocycles. The molecule has 2 heterocycles. The van der Waals surface area contributed by atoms with Crippen LogP contribution in [-0.2, 0) is 12.2 Å². The van der Waals surface area contributed by atoms with Crippen molar-refractivity contribution in [3.63, 3.8) is 0 Å². The van der Waals surface area contributed by atoms with Crippen LogP contribution in [0.3, 0.4) is 0 Å². The Morgan fingerprint density at radius 2 is 1.75 bits per heavy atom. The van der Waals surface area contributed by atoms with E-state index in [0.29, 0.717) is 35.0 Å². The average Bonchev–Trinajstić information content (AvgIpc) is 2.98. The molecular weight excluding hydrogens is 525 g/mol. The number of rotatable bonds is 13. The maximum Gasteiger partial charge on any atom is 0.277 e. The van der Waals surface area contributed by atoms with Crippen LogP contribution in [0.15, 0.2) is 83.4 Å². The van der Waals surface area contributed by atoms with E-state index in [-0.39, 0.29) is 17.3 Å². The predicted molar refractivity (Wildman–Crippen MR) is 156 cm³/mol. The van der Waals surface area contributed by atoms with Crippen LogP contribution in [0.25, 0.3) is 5.69 Å². The first-order valence-corrected chi connectivity index (χ1v) is 14.5. The highest BCUT2D eigenvalue weighted by Gasteiger charge is 2.16. The van der Waals surface area contributed by atoms with E-state index in [4.69, 9.17) is 0 Å². The quantitative estimate of drug-likeness (QED) is 0.112. The van der Waals surface area contributed by atoms with Gasteiger partial charge in [0, 0.05) is 61.2 Å². The van der Waals surface area contributed by atoms with Crippen molar-refractivity contribution in [2.45, 2.75) is 56.4 Å². The molecule has 0 aliphatic carbocycles. The zero-order chi connectivity index (χ0) is 28.3. The van der Waals surface area contributed by atoms with Gasteiger partial charge in [-0.15, -0.1) is 0 Å². The summed E-state index contributed by atoms with van der Waals surface area (Å²) >= 11 is 1.38. The van der Waals surface area contributed by atoms with Crippen LogP contribution in [0.1, 0.15) is 66.1 Å². The van der Waals surface area contributed by atoms with E-state index >= 15 is 0 Å². The number of unbranched alkanes of at least 4 members (excludes halogenated alkanes) is 4. The lowest BCUT2D eigenvalue weighted by Crippen LogP contribution is -2.28. The van der Waals surface area contributed by atoms with Crippen molar-refractivity contribution in [2.75, 3.05) is 13.6 Å². The van der Waals surface area contributed by atoms with E-state index in [9.17, 15) is 14.0 Å². The van der Waals surface area contributed by atoms with Gasteiger partial charge in [0.2, 0.25) is 0 Å². The normalized spacial score (nSPS) is 11.0. The fraction of sp³-hybridized carbons (Fsp3) is 0.323. The topological polar surface area (TPSA) is 81.0 Å². The van der Waals surface area contributed by atoms with Crippen molar-refractivity contribution < 1.29 is 9.18 Å². The van der Waals surface area contributed by atoms with Crippen LogP contribution in [-0.4, -0.2) is 43.9 Å². The summed E-state index contributed by atoms with van der Waals surface area (Å²) in [6, 6.07) is 13.6. The number of hydrogen-bond acceptors (Lipinski definition) is 6. The summed E-state index contributed by atoms with van der Waals surface area (Å²) < 4.78 is 15.2. The van der Waals surface area contributed by atoms with Crippen molar-refractivity contribution in [2.24, 2.45) is 0 Å². The van der Waals surface area contributed by atoms with Crippen molar-refractivity contribution >= 4 is 17.7 Å². The number of halogens is 1. The molecule has 0 atom stereocenters. The Balaban J connectivity index is 1.62. The van der Waals surface area contributed by atoms with Gasteiger partial charge in [0.25, 0.3) is 11.5 Å². The van der Waals surface area contributed by atoms with Crippen LogP contribution in [0, 0.1) is 5.82 Å². The van der Waals surface area contributed by atoms with Gasteiger partial charge in [-0.1, -0.05) is 62.6 Å². The Kier molecular flexibility index (Phi) is 10.6. The maximum absolute atomic E-state index is 13.4. The smallest absolute Gasteiger partial charge is 0.277 e. The van der Waals surface area contributed by atoms with Gasteiger partial charge in [-0.2, -0.15) is 4.98 Å². The summed E-state index contributed by atoms with van der Waals surface area (Å²) in [6.07, 6.45) is 12.6. The zero-order valence-corrected chi connectivity index (χ0v) is 23.7. The van der Waals surface area contributed by atoms with Crippen LogP contribution < -0.4 is 5.56 Å². The Morgan fingerprint density at radius 1 is 1.00 bits per heavy atom. The van der Waals surface area contributed by atoms with Crippen LogP contribution in [0.4, 0.5) is 4.39 Å². The summed E-state index contributed by atoms with van der Waals surface area (Å²) in [5, 5.41) is 0.483. The van der Waals surface area contributed by atoms with Crippen molar-refractivity contribution in [1.29, 1.82) is 0 Å². The van der Waals surface area contributed by atoms with Gasteiger partial charge in [-0.05, 0) is 47.9 Å². The van der Waals surface area contributed by atoms with Crippen LogP contribution in [0.2, 0.25) is 0 Å². The predicted octanol–water partition coefficient (Wildman–Crippen LogP) is 6.09. The summed E-state index contributed by atoms with van der Waals surface area (Å²) in [4.78, 5) is 40.5. The fourth-order valence-corrected chi connectivity index (χ4v) is 5.25. The number of thioether (sulfide) groups is 1. The number of amides is 1. The number of aromatic nitrogens is 4. The van der Waals surface area contributed by atoms with Gasteiger partial charge in [-0.3, -0.25) is 14.2 Å². The second-order valence-corrected chi connectivity index (χ2v) is 10.7. The molecule has 0 aliphatic heterocycles. The average molecular weight is 560 g/mol. The molecule has 0 bridgehead atoms. The second-order valence-electron chi connectivity index (χ2n) is 9.75. The molecule has 0 N–H and O–H groups in total. The number of benzene rings is 2. The molecule has 4 aromatic rings. The highest BCUT2D eigenvalue weighted by molar-refractivity contribution is 7.98. The number of hydrogen-bond donors (Lipinski definition) is 0. The van der Waals surface area contributed by atoms with Crippen molar-refractivity contribution in [3.8, 4) is 5.69 Å². The third kappa shape index (κ3) is 8.08. The second kappa shape index (κ2) is 14.5. The van der Waals surface area contributed by atoms with Gasteiger partial charge in [0.05, 0.1) is 0 Å². The lowest BCUT2D eigenvalue weighted by atomic mass is 10.1. The molecule has 0 saturated carbocycles. The molecule has 2 aromatic heterocycles. The summed E-state index contributed by atoms with van der Waals surface area (Å²) in [5.41, 5.74) is 3.14. The van der Waals surface area contributed by atoms with Gasteiger partial charge in [-0.25, -0.2) is 14.4 Å². The van der Waals surface area contributed by atoms with E-state index < -0.39 is 0 Å². The molecular formula is C31H34FN5O2S. The van der Waals surface area contributed by atoms with Crippen molar-refractivity contribution in [3.05, 3.63) is 112 Å². The van der Waals surface area contributed by atoms with Crippen molar-refractivity contribution in [1.82, 2.24) is 24.4 Å². The molecule has 40 heavy (non-hydrogen) atoms. The molecule has 1 amide bonds. The Hall–Kier alpha value is -3.85. The minimum Gasteiger partial charge on any atom is -0.342 e. The molecule has 0 fully saturated rings. The van der Waals surface area contributed by atoms with Gasteiger partial charge in [0.15, 0.2) is 5.16 Å². The van der Waals surface area contributed by atoms with Crippen LogP contribution >= 0.6 is 11.8 Å². The summed E-state index contributed by atoms with van der Waals surface area (Å²) in [6.45, 7) is 2.89. The molecule has 208 valence electrons. The SMILES string of the molecule is CCCCCCCN(C)C(=O)c1cccc(-n2cc(Cc3cncnc3)c(=O)nc2SCc2ccc(F)cc2)c1. The Bertz CT molecular complexity index is 1460. The first kappa shape index (κ1) is 29.1. The Morgan fingerprint density at radius 3 is 2.50 bits per heavy atom. The number of carbonyl (C=O) groups excluding carboxylic acids is 1. The highest BCUT2D eigenvalue weighted by Crippen LogP contribution is 2.25. The first-order chi connectivity index (χ1) is 19.4. The number of carbonyl (C=O) groups is 1. The number of nitrogens with zero attached hydrogens (tertiary/aromatic N) is 5. The van der Waals surface area contributed by atoms with E-state index in [1.54, 1.807) is 35.6 Å². The molecule has 2 aromatic carbocycles. The highest BCUT2D eigenvalue weighted by atomic mass is 32.2. The monoisotopic (exact) mass is 559 g/mol. The Labute approximate surface area is 238 Å². The zero-order valence-electron chi connectivity index (χ0n) is 22.9. The summed E-state index contributed by atoms with van der Waals surface area (Å²) in [7, 11) is 1.83. The molecule has 9 heteroatoms. The maximum atomic E-state index is 13.4. The fourth-order valence-electron chi connectivity index (χ4n) is 4.32. The minimum absolute atomic E-state index is 0.0477. The lowest BCUT2D eigenvalue weighted by molar-refractivity contribution is 0.0792. The van der Waals surface area contributed by atoms with E-state index in [1.165, 1.54) is 49.5 Å². The lowest BCUT2D eigenvalue weighted by Gasteiger charge is -2.19. The molecule has 0 radical (unpaired) electrons. The van der Waals surface area contributed by atoms with Gasteiger partial charge >= 0.3 is 0 Å². The standard InChI is InChI=1S/C31H34FN5O2S/c1-3-4-5-6-7-15-36(2)30(39)25-9-8-10-28(17-25)37-20-26(16-24-18-33-22-34-19-24)29(38)35-31(37)40-21-23-11-13-27(32)14-12-23/h8-14,17-20,22H,3-7,15-16,21H2,1-2H3. The summed E-state index contributed by atoms with van der Waals surface area (Å²) in [5.74, 6) is 0.150. The molecule has 0 aliphatic rings. The molecule has 0 unspecified atom stereocenters. The van der Waals surface area contributed by atoms with E-state index in [0.717, 1.165) is 29.7 Å². The first-order valence-electron chi connectivity index (χ1n) is 13.5. The van der Waals surface area contributed by atoms with Crippen LogP contribution in [0.5, 0.6) is 0 Å². The minimum atomic E-state index is -0.336. The molecule has 4 rings (SSSR count). The van der Waals surface area contributed by atoms with E-state index in [2.05, 4.69) is 21.9 Å². The third-order valence-electron chi connectivity index (χ3n) is 6.57. The van der Waals surface area contributed by atoms with Gasteiger partial charge in [0.1, 0.15) is 12.1 Å².